The highest BCUT2D eigenvalue weighted by molar-refractivity contribution is 7.17. The van der Waals surface area contributed by atoms with Crippen molar-refractivity contribution in [3.05, 3.63) is 29.1 Å². The molecule has 0 aliphatic heterocycles. The van der Waals surface area contributed by atoms with E-state index < -0.39 is 0 Å². The lowest BCUT2D eigenvalue weighted by Gasteiger charge is -2.08. The smallest absolute Gasteiger partial charge is 0.116 e. The normalized spacial score (nSPS) is 13.2. The molecular weight excluding hydrogens is 206 g/mol. The van der Waals surface area contributed by atoms with Crippen LogP contribution in [0.15, 0.2) is 23.6 Å². The number of phenolic OH excluding ortho intramolecular Hbond substituents is 1. The zero-order valence-electron chi connectivity index (χ0n) is 8.95. The standard InChI is InChI=1S/C12H15NOS/c1-8(13-2)5-9-7-15-12-4-3-10(14)6-11(9)12/h3-4,6-8,13-14H,5H2,1-2H3. The van der Waals surface area contributed by atoms with Crippen molar-refractivity contribution in [2.24, 2.45) is 0 Å². The summed E-state index contributed by atoms with van der Waals surface area (Å²) in [5.41, 5.74) is 1.31. The van der Waals surface area contributed by atoms with Gasteiger partial charge in [-0.3, -0.25) is 0 Å². The lowest BCUT2D eigenvalue weighted by molar-refractivity contribution is 0.476. The van der Waals surface area contributed by atoms with Crippen LogP contribution in [-0.4, -0.2) is 18.2 Å². The molecule has 2 rings (SSSR count). The predicted octanol–water partition coefficient (Wildman–Crippen LogP) is 2.76. The number of phenols is 1. The van der Waals surface area contributed by atoms with E-state index in [0.717, 1.165) is 6.42 Å². The van der Waals surface area contributed by atoms with Gasteiger partial charge in [-0.1, -0.05) is 0 Å². The van der Waals surface area contributed by atoms with Crippen molar-refractivity contribution in [1.82, 2.24) is 5.32 Å². The van der Waals surface area contributed by atoms with Gasteiger partial charge in [-0.2, -0.15) is 0 Å². The molecule has 0 saturated carbocycles. The van der Waals surface area contributed by atoms with Gasteiger partial charge >= 0.3 is 0 Å². The van der Waals surface area contributed by atoms with Gasteiger partial charge in [-0.05, 0) is 54.9 Å². The molecule has 0 fully saturated rings. The van der Waals surface area contributed by atoms with Crippen molar-refractivity contribution in [1.29, 1.82) is 0 Å². The average Bonchev–Trinajstić information content (AvgIpc) is 2.61. The second-order valence-electron chi connectivity index (χ2n) is 3.84. The number of hydrogen-bond acceptors (Lipinski definition) is 3. The molecule has 15 heavy (non-hydrogen) atoms. The number of fused-ring (bicyclic) bond motifs is 1. The van der Waals surface area contributed by atoms with Crippen molar-refractivity contribution in [3.8, 4) is 5.75 Å². The largest absolute Gasteiger partial charge is 0.508 e. The number of hydrogen-bond donors (Lipinski definition) is 2. The van der Waals surface area contributed by atoms with Crippen LogP contribution >= 0.6 is 11.3 Å². The Morgan fingerprint density at radius 1 is 1.47 bits per heavy atom. The van der Waals surface area contributed by atoms with Crippen molar-refractivity contribution in [3.63, 3.8) is 0 Å². The molecule has 80 valence electrons. The molecule has 1 aromatic carbocycles. The SMILES string of the molecule is CNC(C)Cc1csc2ccc(O)cc12. The Morgan fingerprint density at radius 2 is 2.27 bits per heavy atom. The van der Waals surface area contributed by atoms with Crippen LogP contribution < -0.4 is 5.32 Å². The van der Waals surface area contributed by atoms with E-state index in [-0.39, 0.29) is 0 Å². The summed E-state index contributed by atoms with van der Waals surface area (Å²) in [6.45, 7) is 2.16. The van der Waals surface area contributed by atoms with E-state index in [4.69, 9.17) is 0 Å². The maximum absolute atomic E-state index is 9.45. The summed E-state index contributed by atoms with van der Waals surface area (Å²) in [6.07, 6.45) is 1.000. The van der Waals surface area contributed by atoms with E-state index in [2.05, 4.69) is 17.6 Å². The lowest BCUT2D eigenvalue weighted by atomic mass is 10.1. The number of thiophene rings is 1. The third-order valence-electron chi connectivity index (χ3n) is 2.66. The Morgan fingerprint density at radius 3 is 3.00 bits per heavy atom. The number of benzene rings is 1. The van der Waals surface area contributed by atoms with Crippen LogP contribution in [0.3, 0.4) is 0 Å². The summed E-state index contributed by atoms with van der Waals surface area (Å²) >= 11 is 1.74. The summed E-state index contributed by atoms with van der Waals surface area (Å²) in [7, 11) is 1.97. The predicted molar refractivity (Wildman–Crippen MR) is 65.7 cm³/mol. The van der Waals surface area contributed by atoms with Crippen LogP contribution in [-0.2, 0) is 6.42 Å². The molecule has 2 aromatic rings. The van der Waals surface area contributed by atoms with E-state index >= 15 is 0 Å². The maximum atomic E-state index is 9.45. The molecule has 1 unspecified atom stereocenters. The molecule has 0 saturated heterocycles. The molecule has 0 aliphatic carbocycles. The monoisotopic (exact) mass is 221 g/mol. The van der Waals surface area contributed by atoms with Crippen molar-refractivity contribution < 1.29 is 5.11 Å². The van der Waals surface area contributed by atoms with E-state index in [9.17, 15) is 5.11 Å². The summed E-state index contributed by atoms with van der Waals surface area (Å²) in [6, 6.07) is 6.03. The minimum Gasteiger partial charge on any atom is -0.508 e. The van der Waals surface area contributed by atoms with Gasteiger partial charge in [0.25, 0.3) is 0 Å². The number of likely N-dealkylation sites (N-methyl/N-ethyl adjacent to an activating group) is 1. The molecule has 2 N–H and O–H groups in total. The fourth-order valence-corrected chi connectivity index (χ4v) is 2.62. The lowest BCUT2D eigenvalue weighted by Crippen LogP contribution is -2.23. The summed E-state index contributed by atoms with van der Waals surface area (Å²) in [5.74, 6) is 0.347. The molecule has 0 aliphatic rings. The van der Waals surface area contributed by atoms with Gasteiger partial charge in [0.1, 0.15) is 5.75 Å². The van der Waals surface area contributed by atoms with Gasteiger partial charge in [0.05, 0.1) is 0 Å². The fourth-order valence-electron chi connectivity index (χ4n) is 1.66. The van der Waals surface area contributed by atoms with Crippen molar-refractivity contribution in [2.75, 3.05) is 7.05 Å². The molecule has 1 aromatic heterocycles. The van der Waals surface area contributed by atoms with Gasteiger partial charge in [-0.15, -0.1) is 11.3 Å². The van der Waals surface area contributed by atoms with Crippen molar-refractivity contribution >= 4 is 21.4 Å². The highest BCUT2D eigenvalue weighted by Gasteiger charge is 2.07. The van der Waals surface area contributed by atoms with E-state index in [1.165, 1.54) is 15.6 Å². The van der Waals surface area contributed by atoms with Gasteiger partial charge in [0.15, 0.2) is 0 Å². The number of nitrogens with one attached hydrogen (secondary N) is 1. The highest BCUT2D eigenvalue weighted by Crippen LogP contribution is 2.29. The van der Waals surface area contributed by atoms with Crippen LogP contribution in [0.25, 0.3) is 10.1 Å². The van der Waals surface area contributed by atoms with Gasteiger partial charge < -0.3 is 10.4 Å². The molecule has 0 bridgehead atoms. The first-order valence-electron chi connectivity index (χ1n) is 5.07. The molecular formula is C12H15NOS. The number of rotatable bonds is 3. The van der Waals surface area contributed by atoms with Crippen LogP contribution in [0.2, 0.25) is 0 Å². The topological polar surface area (TPSA) is 32.3 Å². The summed E-state index contributed by atoms with van der Waals surface area (Å²) in [5, 5.41) is 16.0. The van der Waals surface area contributed by atoms with Crippen LogP contribution in [0, 0.1) is 0 Å². The van der Waals surface area contributed by atoms with Gasteiger partial charge in [-0.25, -0.2) is 0 Å². The molecule has 1 heterocycles. The fraction of sp³-hybridized carbons (Fsp3) is 0.333. The Labute approximate surface area is 93.6 Å². The summed E-state index contributed by atoms with van der Waals surface area (Å²) < 4.78 is 1.24. The van der Waals surface area contributed by atoms with Gasteiger partial charge in [0.2, 0.25) is 0 Å². The number of aromatic hydroxyl groups is 1. The Balaban J connectivity index is 2.39. The molecule has 0 spiro atoms. The van der Waals surface area contributed by atoms with Crippen molar-refractivity contribution in [2.45, 2.75) is 19.4 Å². The zero-order valence-corrected chi connectivity index (χ0v) is 9.77. The molecule has 0 radical (unpaired) electrons. The second kappa shape index (κ2) is 4.21. The van der Waals surface area contributed by atoms with Gasteiger partial charge in [0, 0.05) is 10.7 Å². The van der Waals surface area contributed by atoms with E-state index in [1.54, 1.807) is 17.4 Å². The zero-order chi connectivity index (χ0) is 10.8. The Hall–Kier alpha value is -1.06. The van der Waals surface area contributed by atoms with Crippen LogP contribution in [0.1, 0.15) is 12.5 Å². The summed E-state index contributed by atoms with van der Waals surface area (Å²) in [4.78, 5) is 0. The first-order valence-corrected chi connectivity index (χ1v) is 5.95. The average molecular weight is 221 g/mol. The second-order valence-corrected chi connectivity index (χ2v) is 4.75. The highest BCUT2D eigenvalue weighted by atomic mass is 32.1. The molecule has 1 atom stereocenters. The van der Waals surface area contributed by atoms with Crippen LogP contribution in [0.4, 0.5) is 0 Å². The quantitative estimate of drug-likeness (QED) is 0.835. The Bertz CT molecular complexity index is 464. The molecule has 3 heteroatoms. The van der Waals surface area contributed by atoms with E-state index in [1.807, 2.05) is 19.2 Å². The minimum atomic E-state index is 0.347. The Kier molecular flexibility index (Phi) is 2.93. The third kappa shape index (κ3) is 2.13. The maximum Gasteiger partial charge on any atom is 0.116 e. The van der Waals surface area contributed by atoms with Crippen LogP contribution in [0.5, 0.6) is 5.75 Å². The molecule has 2 nitrogen and oxygen atoms in total. The third-order valence-corrected chi connectivity index (χ3v) is 3.67. The first kappa shape index (κ1) is 10.5. The first-order chi connectivity index (χ1) is 7.20. The minimum absolute atomic E-state index is 0.347. The molecule has 0 amide bonds. The van der Waals surface area contributed by atoms with E-state index in [0.29, 0.717) is 11.8 Å².